The van der Waals surface area contributed by atoms with Crippen molar-refractivity contribution in [3.63, 3.8) is 0 Å². The van der Waals surface area contributed by atoms with Gasteiger partial charge in [0.15, 0.2) is 0 Å². The Hall–Kier alpha value is -7.88. The number of anilines is 9. The van der Waals surface area contributed by atoms with Crippen molar-refractivity contribution in [2.24, 2.45) is 0 Å². The highest BCUT2D eigenvalue weighted by molar-refractivity contribution is 6.02. The smallest absolute Gasteiger partial charge is 0.0703 e. The van der Waals surface area contributed by atoms with Gasteiger partial charge in [-0.25, -0.2) is 0 Å². The molecule has 2 aliphatic heterocycles. The highest BCUT2D eigenvalue weighted by Gasteiger charge is 2.37. The number of nitrogens with zero attached hydrogens (tertiary/aromatic N) is 3. The SMILES string of the molecule is CC1(C)c2cc(/C=C/c3ccc4cc(N5c6ccccc6C=Cc6ccccc65)ccc4c3)ccc2-c2ccc(N3c4ccccc4N(c4ccccc4)c4ccccc43)cc21. The number of para-hydroxylation sites is 7. The number of hydrogen-bond acceptors (Lipinski definition) is 3. The normalized spacial score (nSPS) is 14.2. The Morgan fingerprint density at radius 1 is 0.339 bits per heavy atom. The van der Waals surface area contributed by atoms with E-state index in [2.05, 4.69) is 253 Å². The van der Waals surface area contributed by atoms with E-state index in [4.69, 9.17) is 0 Å². The molecule has 3 aliphatic rings. The summed E-state index contributed by atoms with van der Waals surface area (Å²) in [7, 11) is 0. The number of fused-ring (bicyclic) bond motifs is 8. The lowest BCUT2D eigenvalue weighted by Crippen LogP contribution is -2.24. The quantitative estimate of drug-likeness (QED) is 0.161. The highest BCUT2D eigenvalue weighted by Crippen LogP contribution is 2.56. The zero-order valence-electron chi connectivity index (χ0n) is 34.7. The average Bonchev–Trinajstić information content (AvgIpc) is 3.42. The van der Waals surface area contributed by atoms with E-state index in [-0.39, 0.29) is 5.41 Å². The predicted molar refractivity (Wildman–Crippen MR) is 263 cm³/mol. The molecule has 0 aromatic heterocycles. The summed E-state index contributed by atoms with van der Waals surface area (Å²) in [5.41, 5.74) is 20.4. The summed E-state index contributed by atoms with van der Waals surface area (Å²) in [6.45, 7) is 4.75. The van der Waals surface area contributed by atoms with Gasteiger partial charge >= 0.3 is 0 Å². The lowest BCUT2D eigenvalue weighted by molar-refractivity contribution is 0.660. The van der Waals surface area contributed by atoms with E-state index < -0.39 is 0 Å². The molecular weight excluding hydrogens is 751 g/mol. The number of rotatable bonds is 5. The van der Waals surface area contributed by atoms with Gasteiger partial charge in [-0.3, -0.25) is 0 Å². The molecule has 294 valence electrons. The molecular formula is C59H43N3. The second kappa shape index (κ2) is 14.1. The fourth-order valence-electron chi connectivity index (χ4n) is 10.0. The van der Waals surface area contributed by atoms with Crippen LogP contribution in [0.25, 0.3) is 46.2 Å². The van der Waals surface area contributed by atoms with Crippen molar-refractivity contribution in [2.75, 3.05) is 14.7 Å². The van der Waals surface area contributed by atoms with Gasteiger partial charge in [0.25, 0.3) is 0 Å². The first-order valence-corrected chi connectivity index (χ1v) is 21.5. The van der Waals surface area contributed by atoms with Crippen LogP contribution in [0.15, 0.2) is 200 Å². The number of benzene rings is 9. The first kappa shape index (κ1) is 36.0. The third-order valence-electron chi connectivity index (χ3n) is 13.1. The van der Waals surface area contributed by atoms with Gasteiger partial charge in [0, 0.05) is 22.5 Å². The molecule has 2 heterocycles. The molecule has 0 bridgehead atoms. The van der Waals surface area contributed by atoms with Crippen LogP contribution < -0.4 is 14.7 Å². The predicted octanol–water partition coefficient (Wildman–Crippen LogP) is 16.5. The van der Waals surface area contributed by atoms with Gasteiger partial charge in [0.1, 0.15) is 0 Å². The summed E-state index contributed by atoms with van der Waals surface area (Å²) in [4.78, 5) is 7.20. The fraction of sp³-hybridized carbons (Fsp3) is 0.0508. The maximum Gasteiger partial charge on any atom is 0.0703 e. The van der Waals surface area contributed by atoms with Gasteiger partial charge in [0.2, 0.25) is 0 Å². The monoisotopic (exact) mass is 793 g/mol. The van der Waals surface area contributed by atoms with Gasteiger partial charge in [-0.1, -0.05) is 159 Å². The van der Waals surface area contributed by atoms with Crippen LogP contribution in [0.1, 0.15) is 47.2 Å². The van der Waals surface area contributed by atoms with Crippen molar-refractivity contribution in [1.82, 2.24) is 0 Å². The van der Waals surface area contributed by atoms with Crippen molar-refractivity contribution in [3.8, 4) is 11.1 Å². The summed E-state index contributed by atoms with van der Waals surface area (Å²) < 4.78 is 0. The van der Waals surface area contributed by atoms with E-state index in [9.17, 15) is 0 Å². The van der Waals surface area contributed by atoms with E-state index in [0.29, 0.717) is 0 Å². The molecule has 12 rings (SSSR count). The lowest BCUT2D eigenvalue weighted by Gasteiger charge is -2.40. The number of hydrogen-bond donors (Lipinski definition) is 0. The lowest BCUT2D eigenvalue weighted by atomic mass is 9.81. The fourth-order valence-corrected chi connectivity index (χ4v) is 10.0. The first-order chi connectivity index (χ1) is 30.5. The molecule has 0 atom stereocenters. The zero-order valence-corrected chi connectivity index (χ0v) is 34.7. The summed E-state index contributed by atoms with van der Waals surface area (Å²) in [6, 6.07) is 73.1. The molecule has 9 aromatic carbocycles. The molecule has 0 N–H and O–H groups in total. The minimum Gasteiger partial charge on any atom is -0.309 e. The minimum atomic E-state index is -0.180. The Bertz CT molecular complexity index is 3200. The van der Waals surface area contributed by atoms with E-state index in [0.717, 1.165) is 34.1 Å². The van der Waals surface area contributed by atoms with E-state index in [1.807, 2.05) is 0 Å². The van der Waals surface area contributed by atoms with E-state index in [1.165, 1.54) is 72.3 Å². The summed E-state index contributed by atoms with van der Waals surface area (Å²) in [6.07, 6.45) is 8.95. The molecule has 0 radical (unpaired) electrons. The summed E-state index contributed by atoms with van der Waals surface area (Å²) >= 11 is 0. The van der Waals surface area contributed by atoms with Crippen molar-refractivity contribution in [2.45, 2.75) is 19.3 Å². The first-order valence-electron chi connectivity index (χ1n) is 21.5. The Labute approximate surface area is 363 Å². The molecule has 0 fully saturated rings. The van der Waals surface area contributed by atoms with Crippen molar-refractivity contribution in [3.05, 3.63) is 234 Å². The van der Waals surface area contributed by atoms with Gasteiger partial charge in [-0.15, -0.1) is 0 Å². The molecule has 1 aliphatic carbocycles. The van der Waals surface area contributed by atoms with Crippen LogP contribution in [0.3, 0.4) is 0 Å². The van der Waals surface area contributed by atoms with Gasteiger partial charge in [0.05, 0.1) is 34.1 Å². The molecule has 0 amide bonds. The summed E-state index contributed by atoms with van der Waals surface area (Å²) in [5.74, 6) is 0. The molecule has 0 unspecified atom stereocenters. The van der Waals surface area contributed by atoms with Gasteiger partial charge < -0.3 is 14.7 Å². The van der Waals surface area contributed by atoms with Crippen LogP contribution in [0.2, 0.25) is 0 Å². The van der Waals surface area contributed by atoms with Crippen molar-refractivity contribution in [1.29, 1.82) is 0 Å². The van der Waals surface area contributed by atoms with Crippen LogP contribution in [0.5, 0.6) is 0 Å². The van der Waals surface area contributed by atoms with Crippen molar-refractivity contribution < 1.29 is 0 Å². The van der Waals surface area contributed by atoms with E-state index in [1.54, 1.807) is 0 Å². The van der Waals surface area contributed by atoms with Gasteiger partial charge in [-0.05, 0) is 134 Å². The van der Waals surface area contributed by atoms with Crippen LogP contribution in [-0.2, 0) is 5.41 Å². The molecule has 62 heavy (non-hydrogen) atoms. The third kappa shape index (κ3) is 5.73. The van der Waals surface area contributed by atoms with Gasteiger partial charge in [-0.2, -0.15) is 0 Å². The van der Waals surface area contributed by atoms with Crippen LogP contribution >= 0.6 is 0 Å². The second-order valence-electron chi connectivity index (χ2n) is 17.1. The molecule has 0 spiro atoms. The summed E-state index contributed by atoms with van der Waals surface area (Å²) in [5, 5.41) is 2.44. The van der Waals surface area contributed by atoms with Crippen molar-refractivity contribution >= 4 is 86.3 Å². The average molecular weight is 794 g/mol. The third-order valence-corrected chi connectivity index (χ3v) is 13.1. The molecule has 0 saturated heterocycles. The standard InChI is InChI=1S/C59H43N3/c1-59(2)51-37-41(25-24-40-26-28-45-38-47(32-31-44(45)36-40)61-53-18-8-6-14-42(53)29-30-43-15-7-9-19-54(43)61)27-34-49(51)50-35-33-48(39-52(50)59)62-57-22-12-10-20-55(57)60(46-16-4-3-5-17-46)56-21-11-13-23-58(56)62/h3-39H,1-2H3/b25-24+. The Morgan fingerprint density at radius 3 is 1.39 bits per heavy atom. The molecule has 9 aromatic rings. The molecule has 3 nitrogen and oxygen atoms in total. The van der Waals surface area contributed by atoms with Crippen LogP contribution in [0, 0.1) is 0 Å². The minimum absolute atomic E-state index is 0.180. The Morgan fingerprint density at radius 2 is 0.758 bits per heavy atom. The highest BCUT2D eigenvalue weighted by atomic mass is 15.3. The Balaban J connectivity index is 0.846. The van der Waals surface area contributed by atoms with Crippen LogP contribution in [0.4, 0.5) is 51.2 Å². The zero-order chi connectivity index (χ0) is 41.4. The largest absolute Gasteiger partial charge is 0.309 e. The Kier molecular flexibility index (Phi) is 8.20. The molecule has 3 heteroatoms. The topological polar surface area (TPSA) is 9.72 Å². The van der Waals surface area contributed by atoms with E-state index >= 15 is 0 Å². The maximum absolute atomic E-state index is 2.44. The maximum atomic E-state index is 2.44. The molecule has 0 saturated carbocycles. The van der Waals surface area contributed by atoms with Crippen LogP contribution in [-0.4, -0.2) is 0 Å². The second-order valence-corrected chi connectivity index (χ2v) is 17.1.